The topological polar surface area (TPSA) is 0 Å². The maximum absolute atomic E-state index is 2.31. The highest BCUT2D eigenvalue weighted by atomic mass is 14.3. The molecule has 0 aliphatic heterocycles. The third kappa shape index (κ3) is 2.00. The molecule has 1 atom stereocenters. The van der Waals surface area contributed by atoms with Crippen LogP contribution in [0.15, 0.2) is 18.2 Å². The third-order valence-electron chi connectivity index (χ3n) is 3.12. The summed E-state index contributed by atoms with van der Waals surface area (Å²) in [6.45, 7) is 8.53. The predicted molar refractivity (Wildman–Crippen MR) is 63.9 cm³/mol. The lowest BCUT2D eigenvalue weighted by Gasteiger charge is -2.08. The van der Waals surface area contributed by atoms with Gasteiger partial charge in [0.2, 0.25) is 0 Å². The van der Waals surface area contributed by atoms with Crippen molar-refractivity contribution in [3.8, 4) is 0 Å². The molecule has 0 saturated heterocycles. The van der Waals surface area contributed by atoms with Gasteiger partial charge in [-0.1, -0.05) is 39.0 Å². The zero-order valence-corrected chi connectivity index (χ0v) is 9.93. The van der Waals surface area contributed by atoms with E-state index in [0.717, 1.165) is 5.92 Å². The Bertz CT molecular complexity index is 286. The molecule has 0 spiro atoms. The molecule has 0 amide bonds. The molecule has 0 aromatic heterocycles. The van der Waals surface area contributed by atoms with Crippen LogP contribution < -0.4 is 0 Å². The van der Waals surface area contributed by atoms with Gasteiger partial charge in [0.1, 0.15) is 0 Å². The van der Waals surface area contributed by atoms with Gasteiger partial charge in [0.25, 0.3) is 0 Å². The van der Waals surface area contributed by atoms with E-state index in [1.165, 1.54) is 24.8 Å². The molecule has 14 heavy (non-hydrogen) atoms. The van der Waals surface area contributed by atoms with Crippen molar-refractivity contribution in [1.82, 2.24) is 0 Å². The molecule has 0 heterocycles. The van der Waals surface area contributed by atoms with Crippen LogP contribution in [0.3, 0.4) is 0 Å². The first-order valence-electron chi connectivity index (χ1n) is 5.91. The molecular formula is C14H22. The van der Waals surface area contributed by atoms with Crippen LogP contribution >= 0.6 is 0 Å². The van der Waals surface area contributed by atoms with E-state index >= 15 is 0 Å². The van der Waals surface area contributed by atoms with Crippen LogP contribution in [-0.4, -0.2) is 0 Å². The minimum absolute atomic E-state index is 0.847. The molecule has 0 bridgehead atoms. The fourth-order valence-corrected chi connectivity index (χ4v) is 2.35. The maximum atomic E-state index is 2.31. The fraction of sp³-hybridized carbons (Fsp3) is 0.571. The van der Waals surface area contributed by atoms with E-state index in [9.17, 15) is 0 Å². The number of rotatable bonds is 1. The van der Waals surface area contributed by atoms with Crippen molar-refractivity contribution in [2.45, 2.75) is 52.9 Å². The Balaban J connectivity index is 0.000000461. The van der Waals surface area contributed by atoms with Crippen LogP contribution in [0.5, 0.6) is 0 Å². The van der Waals surface area contributed by atoms with E-state index in [4.69, 9.17) is 0 Å². The molecule has 1 aliphatic carbocycles. The summed E-state index contributed by atoms with van der Waals surface area (Å²) < 4.78 is 0. The molecule has 0 nitrogen and oxygen atoms in total. The van der Waals surface area contributed by atoms with Gasteiger partial charge in [0.15, 0.2) is 0 Å². The molecule has 1 aromatic carbocycles. The Morgan fingerprint density at radius 3 is 2.64 bits per heavy atom. The Labute approximate surface area is 88.4 Å². The molecule has 0 fully saturated rings. The average molecular weight is 190 g/mol. The lowest BCUT2D eigenvalue weighted by atomic mass is 9.97. The maximum Gasteiger partial charge on any atom is -0.0159 e. The summed E-state index contributed by atoms with van der Waals surface area (Å²) in [4.78, 5) is 0. The zero-order chi connectivity index (χ0) is 10.6. The van der Waals surface area contributed by atoms with Crippen molar-refractivity contribution in [3.05, 3.63) is 34.9 Å². The SMILES string of the molecule is CC.CC[C@@H]1CCc2c(C)cccc21. The summed E-state index contributed by atoms with van der Waals surface area (Å²) in [5, 5.41) is 0. The normalized spacial score (nSPS) is 18.4. The van der Waals surface area contributed by atoms with Crippen molar-refractivity contribution in [1.29, 1.82) is 0 Å². The standard InChI is InChI=1S/C12H16.C2H6/c1-3-10-7-8-11-9(2)5-4-6-12(10)11;1-2/h4-6,10H,3,7-8H2,1-2H3;1-2H3/t10-;/m1./s1. The predicted octanol–water partition coefficient (Wildman–Crippen LogP) is 4.46. The van der Waals surface area contributed by atoms with Gasteiger partial charge in [0.05, 0.1) is 0 Å². The third-order valence-corrected chi connectivity index (χ3v) is 3.12. The molecular weight excluding hydrogens is 168 g/mol. The second-order valence-corrected chi connectivity index (χ2v) is 3.79. The van der Waals surface area contributed by atoms with E-state index in [2.05, 4.69) is 32.0 Å². The summed E-state index contributed by atoms with van der Waals surface area (Å²) in [7, 11) is 0. The highest BCUT2D eigenvalue weighted by Gasteiger charge is 2.21. The van der Waals surface area contributed by atoms with E-state index in [1.54, 1.807) is 11.1 Å². The Hall–Kier alpha value is -0.780. The van der Waals surface area contributed by atoms with Crippen molar-refractivity contribution in [3.63, 3.8) is 0 Å². The minimum atomic E-state index is 0.847. The van der Waals surface area contributed by atoms with Crippen molar-refractivity contribution >= 4 is 0 Å². The van der Waals surface area contributed by atoms with Gasteiger partial charge in [-0.15, -0.1) is 0 Å². The van der Waals surface area contributed by atoms with Crippen LogP contribution in [0, 0.1) is 6.92 Å². The Kier molecular flexibility index (Phi) is 4.19. The molecule has 0 unspecified atom stereocenters. The van der Waals surface area contributed by atoms with Crippen molar-refractivity contribution in [2.75, 3.05) is 0 Å². The summed E-state index contributed by atoms with van der Waals surface area (Å²) in [5.41, 5.74) is 4.74. The van der Waals surface area contributed by atoms with Crippen LogP contribution in [0.25, 0.3) is 0 Å². The Morgan fingerprint density at radius 2 is 2.00 bits per heavy atom. The van der Waals surface area contributed by atoms with Crippen LogP contribution in [0.2, 0.25) is 0 Å². The largest absolute Gasteiger partial charge is 0.0683 e. The van der Waals surface area contributed by atoms with E-state index in [1.807, 2.05) is 13.8 Å². The highest BCUT2D eigenvalue weighted by molar-refractivity contribution is 5.40. The molecule has 0 N–H and O–H groups in total. The van der Waals surface area contributed by atoms with Crippen LogP contribution in [0.1, 0.15) is 56.2 Å². The quantitative estimate of drug-likeness (QED) is 0.613. The first kappa shape index (κ1) is 11.3. The molecule has 2 rings (SSSR count). The first-order valence-corrected chi connectivity index (χ1v) is 5.91. The molecule has 78 valence electrons. The number of benzene rings is 1. The van der Waals surface area contributed by atoms with Gasteiger partial charge in [-0.25, -0.2) is 0 Å². The molecule has 1 aromatic rings. The summed E-state index contributed by atoms with van der Waals surface area (Å²) in [6.07, 6.45) is 3.98. The number of aryl methyl sites for hydroxylation is 1. The van der Waals surface area contributed by atoms with Gasteiger partial charge in [-0.2, -0.15) is 0 Å². The number of hydrogen-bond acceptors (Lipinski definition) is 0. The molecule has 0 radical (unpaired) electrons. The minimum Gasteiger partial charge on any atom is -0.0683 e. The van der Waals surface area contributed by atoms with Gasteiger partial charge in [-0.3, -0.25) is 0 Å². The monoisotopic (exact) mass is 190 g/mol. The average Bonchev–Trinajstić information content (AvgIpc) is 2.65. The second-order valence-electron chi connectivity index (χ2n) is 3.79. The summed E-state index contributed by atoms with van der Waals surface area (Å²) in [6, 6.07) is 6.74. The number of hydrogen-bond donors (Lipinski definition) is 0. The van der Waals surface area contributed by atoms with Crippen LogP contribution in [-0.2, 0) is 6.42 Å². The smallest absolute Gasteiger partial charge is 0.0159 e. The van der Waals surface area contributed by atoms with E-state index in [0.29, 0.717) is 0 Å². The molecule has 0 heteroatoms. The highest BCUT2D eigenvalue weighted by Crippen LogP contribution is 2.36. The number of fused-ring (bicyclic) bond motifs is 1. The van der Waals surface area contributed by atoms with E-state index < -0.39 is 0 Å². The second kappa shape index (κ2) is 5.19. The van der Waals surface area contributed by atoms with Gasteiger partial charge >= 0.3 is 0 Å². The fourth-order valence-electron chi connectivity index (χ4n) is 2.35. The zero-order valence-electron chi connectivity index (χ0n) is 9.93. The van der Waals surface area contributed by atoms with Crippen LogP contribution in [0.4, 0.5) is 0 Å². The molecule has 1 aliphatic rings. The summed E-state index contributed by atoms with van der Waals surface area (Å²) >= 11 is 0. The van der Waals surface area contributed by atoms with Gasteiger partial charge in [-0.05, 0) is 48.8 Å². The van der Waals surface area contributed by atoms with E-state index in [-0.39, 0.29) is 0 Å². The Morgan fingerprint density at radius 1 is 1.29 bits per heavy atom. The first-order chi connectivity index (χ1) is 6.83. The van der Waals surface area contributed by atoms with Crippen molar-refractivity contribution < 1.29 is 0 Å². The van der Waals surface area contributed by atoms with Gasteiger partial charge < -0.3 is 0 Å². The summed E-state index contributed by atoms with van der Waals surface area (Å²) in [5.74, 6) is 0.847. The lowest BCUT2D eigenvalue weighted by molar-refractivity contribution is 0.656. The lowest BCUT2D eigenvalue weighted by Crippen LogP contribution is -1.90. The van der Waals surface area contributed by atoms with Gasteiger partial charge in [0, 0.05) is 0 Å². The molecule has 0 saturated carbocycles. The van der Waals surface area contributed by atoms with Crippen molar-refractivity contribution in [2.24, 2.45) is 0 Å².